The van der Waals surface area contributed by atoms with E-state index in [-0.39, 0.29) is 6.04 Å². The van der Waals surface area contributed by atoms with Crippen molar-refractivity contribution in [1.29, 1.82) is 5.26 Å². The highest BCUT2D eigenvalue weighted by Gasteiger charge is 2.26. The van der Waals surface area contributed by atoms with Gasteiger partial charge in [0.2, 0.25) is 0 Å². The number of fused-ring (bicyclic) bond motifs is 1. The summed E-state index contributed by atoms with van der Waals surface area (Å²) in [6, 6.07) is 4.59. The minimum absolute atomic E-state index is 0.206. The second-order valence-electron chi connectivity index (χ2n) is 6.14. The molecule has 1 aromatic rings. The van der Waals surface area contributed by atoms with E-state index in [0.29, 0.717) is 5.92 Å². The topological polar surface area (TPSA) is 65.9 Å². The molecule has 0 aromatic carbocycles. The molecule has 3 rings (SSSR count). The number of nitrogens with two attached hydrogens (primary N) is 1. The SMILES string of the molecule is CC(N)C1CCCN(c2nc3c(cc2C#N)CCC3)C1. The maximum absolute atomic E-state index is 9.41. The highest BCUT2D eigenvalue weighted by Crippen LogP contribution is 2.30. The number of nitriles is 1. The van der Waals surface area contributed by atoms with Gasteiger partial charge >= 0.3 is 0 Å². The summed E-state index contributed by atoms with van der Waals surface area (Å²) in [4.78, 5) is 7.08. The number of piperidine rings is 1. The zero-order valence-electron chi connectivity index (χ0n) is 12.1. The van der Waals surface area contributed by atoms with E-state index in [0.717, 1.165) is 43.7 Å². The lowest BCUT2D eigenvalue weighted by atomic mass is 9.92. The molecule has 0 amide bonds. The third-order valence-electron chi connectivity index (χ3n) is 4.65. The molecule has 0 bridgehead atoms. The fourth-order valence-electron chi connectivity index (χ4n) is 3.42. The third kappa shape index (κ3) is 2.38. The molecule has 2 unspecified atom stereocenters. The summed E-state index contributed by atoms with van der Waals surface area (Å²) in [5.74, 6) is 1.39. The summed E-state index contributed by atoms with van der Waals surface area (Å²) in [6.45, 7) is 4.00. The molecule has 0 radical (unpaired) electrons. The van der Waals surface area contributed by atoms with Gasteiger partial charge in [-0.15, -0.1) is 0 Å². The van der Waals surface area contributed by atoms with Gasteiger partial charge in [0, 0.05) is 24.8 Å². The average molecular weight is 270 g/mol. The van der Waals surface area contributed by atoms with E-state index in [1.165, 1.54) is 24.1 Å². The molecule has 1 saturated heterocycles. The number of nitrogens with zero attached hydrogens (tertiary/aromatic N) is 3. The molecule has 2 N–H and O–H groups in total. The Kier molecular flexibility index (Phi) is 3.62. The minimum atomic E-state index is 0.206. The Labute approximate surface area is 120 Å². The maximum atomic E-state index is 9.41. The number of pyridine rings is 1. The predicted molar refractivity (Wildman–Crippen MR) is 79.6 cm³/mol. The third-order valence-corrected chi connectivity index (χ3v) is 4.65. The summed E-state index contributed by atoms with van der Waals surface area (Å²) in [5, 5.41) is 9.41. The van der Waals surface area contributed by atoms with Crippen molar-refractivity contribution in [3.05, 3.63) is 22.9 Å². The first kappa shape index (κ1) is 13.4. The smallest absolute Gasteiger partial charge is 0.146 e. The molecular weight excluding hydrogens is 248 g/mol. The Balaban J connectivity index is 1.91. The monoisotopic (exact) mass is 270 g/mol. The van der Waals surface area contributed by atoms with E-state index in [1.807, 2.05) is 0 Å². The number of aryl methyl sites for hydroxylation is 2. The van der Waals surface area contributed by atoms with Gasteiger partial charge in [0.1, 0.15) is 11.9 Å². The molecule has 1 fully saturated rings. The Morgan fingerprint density at radius 3 is 3.05 bits per heavy atom. The fourth-order valence-corrected chi connectivity index (χ4v) is 3.42. The molecule has 4 heteroatoms. The van der Waals surface area contributed by atoms with Crippen molar-refractivity contribution >= 4 is 5.82 Å². The molecule has 1 aromatic heterocycles. The van der Waals surface area contributed by atoms with E-state index >= 15 is 0 Å². The summed E-state index contributed by atoms with van der Waals surface area (Å²) >= 11 is 0. The molecule has 2 aliphatic rings. The van der Waals surface area contributed by atoms with E-state index in [4.69, 9.17) is 10.7 Å². The summed E-state index contributed by atoms with van der Waals surface area (Å²) in [5.41, 5.74) is 9.25. The molecule has 2 atom stereocenters. The fraction of sp³-hybridized carbons (Fsp3) is 0.625. The number of aromatic nitrogens is 1. The highest BCUT2D eigenvalue weighted by molar-refractivity contribution is 5.57. The van der Waals surface area contributed by atoms with Crippen molar-refractivity contribution in [2.24, 2.45) is 11.7 Å². The zero-order valence-corrected chi connectivity index (χ0v) is 12.1. The van der Waals surface area contributed by atoms with Crippen LogP contribution in [0.4, 0.5) is 5.82 Å². The van der Waals surface area contributed by atoms with Gasteiger partial charge in [0.05, 0.1) is 5.56 Å². The second-order valence-corrected chi connectivity index (χ2v) is 6.14. The number of hydrogen-bond acceptors (Lipinski definition) is 4. The van der Waals surface area contributed by atoms with Crippen molar-refractivity contribution < 1.29 is 0 Å². The van der Waals surface area contributed by atoms with Crippen molar-refractivity contribution in [2.75, 3.05) is 18.0 Å². The van der Waals surface area contributed by atoms with E-state index in [2.05, 4.69) is 24.0 Å². The van der Waals surface area contributed by atoms with Crippen LogP contribution in [-0.2, 0) is 12.8 Å². The van der Waals surface area contributed by atoms with Crippen LogP contribution in [0, 0.1) is 17.2 Å². The summed E-state index contributed by atoms with van der Waals surface area (Å²) in [7, 11) is 0. The zero-order chi connectivity index (χ0) is 14.1. The van der Waals surface area contributed by atoms with Crippen LogP contribution >= 0.6 is 0 Å². The standard InChI is InChI=1S/C16H22N4/c1-11(18)13-5-3-7-20(10-13)16-14(9-17)8-12-4-2-6-15(12)19-16/h8,11,13H,2-7,10,18H2,1H3. The van der Waals surface area contributed by atoms with E-state index in [9.17, 15) is 5.26 Å². The molecule has 1 aliphatic carbocycles. The molecule has 20 heavy (non-hydrogen) atoms. The molecule has 0 spiro atoms. The predicted octanol–water partition coefficient (Wildman–Crippen LogP) is 2.01. The van der Waals surface area contributed by atoms with Crippen LogP contribution in [0.5, 0.6) is 0 Å². The maximum Gasteiger partial charge on any atom is 0.146 e. The van der Waals surface area contributed by atoms with Gasteiger partial charge in [0.25, 0.3) is 0 Å². The number of rotatable bonds is 2. The Bertz CT molecular complexity index is 544. The van der Waals surface area contributed by atoms with Crippen LogP contribution in [0.15, 0.2) is 6.07 Å². The number of hydrogen-bond donors (Lipinski definition) is 1. The van der Waals surface area contributed by atoms with Crippen molar-refractivity contribution in [2.45, 2.75) is 45.1 Å². The van der Waals surface area contributed by atoms with Crippen LogP contribution in [0.25, 0.3) is 0 Å². The average Bonchev–Trinajstić information content (AvgIpc) is 2.93. The minimum Gasteiger partial charge on any atom is -0.355 e. The van der Waals surface area contributed by atoms with Crippen LogP contribution in [-0.4, -0.2) is 24.1 Å². The van der Waals surface area contributed by atoms with Gasteiger partial charge in [-0.1, -0.05) is 0 Å². The highest BCUT2D eigenvalue weighted by atomic mass is 15.2. The largest absolute Gasteiger partial charge is 0.355 e. The van der Waals surface area contributed by atoms with Gasteiger partial charge in [-0.25, -0.2) is 4.98 Å². The normalized spacial score (nSPS) is 23.2. The Morgan fingerprint density at radius 2 is 2.30 bits per heavy atom. The Hall–Kier alpha value is -1.60. The molecule has 0 saturated carbocycles. The van der Waals surface area contributed by atoms with Crippen LogP contribution in [0.2, 0.25) is 0 Å². The van der Waals surface area contributed by atoms with Gasteiger partial charge in [-0.05, 0) is 56.6 Å². The molecular formula is C16H22N4. The van der Waals surface area contributed by atoms with Gasteiger partial charge in [-0.2, -0.15) is 5.26 Å². The summed E-state index contributed by atoms with van der Waals surface area (Å²) in [6.07, 6.45) is 5.61. The summed E-state index contributed by atoms with van der Waals surface area (Å²) < 4.78 is 0. The molecule has 1 aliphatic heterocycles. The van der Waals surface area contributed by atoms with Crippen LogP contribution in [0.1, 0.15) is 43.0 Å². The Morgan fingerprint density at radius 1 is 1.45 bits per heavy atom. The van der Waals surface area contributed by atoms with Crippen molar-refractivity contribution in [1.82, 2.24) is 4.98 Å². The first-order valence-corrected chi connectivity index (χ1v) is 7.62. The van der Waals surface area contributed by atoms with Crippen LogP contribution in [0.3, 0.4) is 0 Å². The first-order valence-electron chi connectivity index (χ1n) is 7.62. The molecule has 2 heterocycles. The lowest BCUT2D eigenvalue weighted by molar-refractivity contribution is 0.363. The van der Waals surface area contributed by atoms with E-state index in [1.54, 1.807) is 0 Å². The van der Waals surface area contributed by atoms with Crippen LogP contribution < -0.4 is 10.6 Å². The van der Waals surface area contributed by atoms with Crippen molar-refractivity contribution in [3.8, 4) is 6.07 Å². The van der Waals surface area contributed by atoms with Gasteiger partial charge < -0.3 is 10.6 Å². The first-order chi connectivity index (χ1) is 9.69. The van der Waals surface area contributed by atoms with Gasteiger partial charge in [0.15, 0.2) is 0 Å². The quantitative estimate of drug-likeness (QED) is 0.892. The van der Waals surface area contributed by atoms with Crippen molar-refractivity contribution in [3.63, 3.8) is 0 Å². The lowest BCUT2D eigenvalue weighted by Crippen LogP contribution is -2.43. The molecule has 4 nitrogen and oxygen atoms in total. The second kappa shape index (κ2) is 5.41. The number of anilines is 1. The van der Waals surface area contributed by atoms with Gasteiger partial charge in [-0.3, -0.25) is 0 Å². The lowest BCUT2D eigenvalue weighted by Gasteiger charge is -2.36. The molecule has 106 valence electrons. The van der Waals surface area contributed by atoms with E-state index < -0.39 is 0 Å².